The van der Waals surface area contributed by atoms with E-state index in [4.69, 9.17) is 19.9 Å². The van der Waals surface area contributed by atoms with E-state index in [-0.39, 0.29) is 26.2 Å². The Kier molecular flexibility index (Phi) is 15.6. The van der Waals surface area contributed by atoms with Crippen molar-refractivity contribution in [2.24, 2.45) is 0 Å². The predicted octanol–water partition coefficient (Wildman–Crippen LogP) is 0.506. The molecule has 1 aromatic rings. The molecule has 2 rings (SSSR count). The monoisotopic (exact) mass is 583 g/mol. The standard InChI is InChI=1S/C23H33N5O7S.C2H4O2/c1-25-5-7-26(14-20(29)30)9-11-28(12-10-27(8-6-25)15-21(31)32)22(23(33)34)18-13-17(36-16-24)3-4-19(18)35-2;1-2(3)4/h3-4,13,22H,5-12,14-15H2,1-2H3,(H,29,30)(H,31,32)(H,33,34);1H3,(H,3,4). The number of carboxylic acids is 4. The molecule has 1 fully saturated rings. The lowest BCUT2D eigenvalue weighted by atomic mass is 10.0. The molecular formula is C25H37N5O9S. The van der Waals surface area contributed by atoms with Crippen molar-refractivity contribution in [2.75, 3.05) is 79.6 Å². The maximum atomic E-state index is 12.6. The van der Waals surface area contributed by atoms with Gasteiger partial charge in [0.2, 0.25) is 0 Å². The van der Waals surface area contributed by atoms with E-state index in [9.17, 15) is 29.7 Å². The molecule has 1 unspecified atom stereocenters. The Labute approximate surface area is 237 Å². The van der Waals surface area contributed by atoms with Crippen LogP contribution in [0.15, 0.2) is 23.1 Å². The number of carbonyl (C=O) groups is 4. The van der Waals surface area contributed by atoms with Gasteiger partial charge in [-0.05, 0) is 37.0 Å². The molecule has 1 aliphatic heterocycles. The fourth-order valence-electron chi connectivity index (χ4n) is 4.10. The molecule has 0 radical (unpaired) electrons. The lowest BCUT2D eigenvalue weighted by Gasteiger charge is -2.35. The molecule has 1 aromatic carbocycles. The number of methoxy groups -OCH3 is 1. The molecule has 14 nitrogen and oxygen atoms in total. The van der Waals surface area contributed by atoms with Crippen molar-refractivity contribution in [1.29, 1.82) is 5.26 Å². The van der Waals surface area contributed by atoms with E-state index in [2.05, 4.69) is 0 Å². The fraction of sp³-hybridized carbons (Fsp3) is 0.560. The van der Waals surface area contributed by atoms with Crippen molar-refractivity contribution in [1.82, 2.24) is 19.6 Å². The topological polar surface area (TPSA) is 195 Å². The van der Waals surface area contributed by atoms with Gasteiger partial charge in [0.25, 0.3) is 5.97 Å². The number of likely N-dealkylation sites (N-methyl/N-ethyl adjacent to an activating group) is 1. The average molecular weight is 584 g/mol. The van der Waals surface area contributed by atoms with Crippen LogP contribution in [0, 0.1) is 10.7 Å². The maximum Gasteiger partial charge on any atom is 0.325 e. The molecule has 4 N–H and O–H groups in total. The average Bonchev–Trinajstić information content (AvgIpc) is 2.85. The largest absolute Gasteiger partial charge is 0.496 e. The zero-order valence-corrected chi connectivity index (χ0v) is 23.7. The molecular weight excluding hydrogens is 546 g/mol. The van der Waals surface area contributed by atoms with Crippen LogP contribution in [-0.2, 0) is 19.2 Å². The van der Waals surface area contributed by atoms with Crippen molar-refractivity contribution >= 4 is 35.6 Å². The van der Waals surface area contributed by atoms with Gasteiger partial charge in [-0.1, -0.05) is 0 Å². The first kappa shape index (κ1) is 34.6. The van der Waals surface area contributed by atoms with E-state index in [0.29, 0.717) is 55.5 Å². The number of nitriles is 1. The molecule has 0 aliphatic carbocycles. The van der Waals surface area contributed by atoms with E-state index in [1.165, 1.54) is 7.11 Å². The molecule has 0 amide bonds. The first-order chi connectivity index (χ1) is 18.9. The van der Waals surface area contributed by atoms with Crippen molar-refractivity contribution in [3.63, 3.8) is 0 Å². The molecule has 1 heterocycles. The number of ether oxygens (including phenoxy) is 1. The smallest absolute Gasteiger partial charge is 0.325 e. The van der Waals surface area contributed by atoms with Crippen molar-refractivity contribution in [3.05, 3.63) is 23.8 Å². The number of nitrogens with zero attached hydrogens (tertiary/aromatic N) is 5. The highest BCUT2D eigenvalue weighted by atomic mass is 32.2. The van der Waals surface area contributed by atoms with Gasteiger partial charge in [-0.15, -0.1) is 0 Å². The van der Waals surface area contributed by atoms with Crippen LogP contribution in [0.1, 0.15) is 18.5 Å². The van der Waals surface area contributed by atoms with Crippen LogP contribution in [0.4, 0.5) is 0 Å². The molecule has 15 heteroatoms. The van der Waals surface area contributed by atoms with Crippen LogP contribution in [0.2, 0.25) is 0 Å². The summed E-state index contributed by atoms with van der Waals surface area (Å²) in [7, 11) is 3.33. The summed E-state index contributed by atoms with van der Waals surface area (Å²) in [6, 6.07) is 3.75. The van der Waals surface area contributed by atoms with Gasteiger partial charge in [0, 0.05) is 69.7 Å². The highest BCUT2D eigenvalue weighted by Gasteiger charge is 2.31. The SMILES string of the molecule is CC(=O)O.COc1ccc(SC#N)cc1C(C(=O)O)N1CCN(CC(=O)O)CCN(C)CCN(CC(=O)O)CC1. The molecule has 1 atom stereocenters. The van der Waals surface area contributed by atoms with E-state index >= 15 is 0 Å². The highest BCUT2D eigenvalue weighted by Crippen LogP contribution is 2.33. The molecule has 40 heavy (non-hydrogen) atoms. The van der Waals surface area contributed by atoms with Crippen LogP contribution in [0.3, 0.4) is 0 Å². The summed E-state index contributed by atoms with van der Waals surface area (Å²) in [5, 5.41) is 47.5. The summed E-state index contributed by atoms with van der Waals surface area (Å²) in [6.07, 6.45) is 0. The Bertz CT molecular complexity index is 1020. The number of hydrogen-bond donors (Lipinski definition) is 4. The summed E-state index contributed by atoms with van der Waals surface area (Å²) in [4.78, 5) is 52.3. The van der Waals surface area contributed by atoms with Gasteiger partial charge in [-0.25, -0.2) is 0 Å². The van der Waals surface area contributed by atoms with Crippen LogP contribution in [0.5, 0.6) is 5.75 Å². The van der Waals surface area contributed by atoms with Gasteiger partial charge >= 0.3 is 17.9 Å². The number of carboxylic acid groups (broad SMARTS) is 4. The summed E-state index contributed by atoms with van der Waals surface area (Å²) in [6.45, 7) is 3.88. The van der Waals surface area contributed by atoms with Crippen molar-refractivity contribution < 1.29 is 44.3 Å². The molecule has 1 aliphatic rings. The van der Waals surface area contributed by atoms with Gasteiger partial charge < -0.3 is 30.1 Å². The Morgan fingerprint density at radius 1 is 0.925 bits per heavy atom. The van der Waals surface area contributed by atoms with Gasteiger partial charge in [0.05, 0.1) is 20.2 Å². The van der Waals surface area contributed by atoms with Gasteiger partial charge in [0.1, 0.15) is 17.2 Å². The number of aliphatic carboxylic acids is 4. The zero-order chi connectivity index (χ0) is 30.2. The Morgan fingerprint density at radius 3 is 1.80 bits per heavy atom. The second-order valence-electron chi connectivity index (χ2n) is 9.04. The van der Waals surface area contributed by atoms with Crippen LogP contribution >= 0.6 is 11.8 Å². The van der Waals surface area contributed by atoms with Crippen LogP contribution in [0.25, 0.3) is 0 Å². The third-order valence-corrected chi connectivity index (χ3v) is 6.56. The molecule has 1 saturated heterocycles. The van der Waals surface area contributed by atoms with Gasteiger partial charge in [-0.3, -0.25) is 33.9 Å². The molecule has 0 saturated carbocycles. The van der Waals surface area contributed by atoms with E-state index in [1.807, 2.05) is 17.3 Å². The molecule has 0 bridgehead atoms. The highest BCUT2D eigenvalue weighted by molar-refractivity contribution is 8.03. The molecule has 222 valence electrons. The maximum absolute atomic E-state index is 12.6. The minimum absolute atomic E-state index is 0.178. The summed E-state index contributed by atoms with van der Waals surface area (Å²) >= 11 is 0.905. The van der Waals surface area contributed by atoms with Gasteiger partial charge in [-0.2, -0.15) is 5.26 Å². The Hall–Kier alpha value is -3.42. The van der Waals surface area contributed by atoms with E-state index < -0.39 is 29.9 Å². The summed E-state index contributed by atoms with van der Waals surface area (Å²) in [5.41, 5.74) is 0.367. The third-order valence-electron chi connectivity index (χ3n) is 5.98. The summed E-state index contributed by atoms with van der Waals surface area (Å²) in [5.74, 6) is -3.56. The van der Waals surface area contributed by atoms with Gasteiger partial charge in [0.15, 0.2) is 0 Å². The lowest BCUT2D eigenvalue weighted by Crippen LogP contribution is -2.48. The van der Waals surface area contributed by atoms with Crippen molar-refractivity contribution in [3.8, 4) is 11.2 Å². The number of rotatable bonds is 9. The fourth-order valence-corrected chi connectivity index (χ4v) is 4.52. The minimum atomic E-state index is -1.15. The molecule has 0 spiro atoms. The van der Waals surface area contributed by atoms with E-state index in [1.54, 1.807) is 32.9 Å². The zero-order valence-electron chi connectivity index (χ0n) is 22.9. The lowest BCUT2D eigenvalue weighted by molar-refractivity contribution is -0.145. The second-order valence-corrected chi connectivity index (χ2v) is 9.89. The van der Waals surface area contributed by atoms with Crippen molar-refractivity contribution in [2.45, 2.75) is 17.9 Å². The normalized spacial score (nSPS) is 17.1. The number of hydrogen-bond acceptors (Lipinski definition) is 11. The Balaban J connectivity index is 0.00000187. The summed E-state index contributed by atoms with van der Waals surface area (Å²) < 4.78 is 5.43. The second kappa shape index (κ2) is 18.0. The number of thiocyanates is 1. The first-order valence-electron chi connectivity index (χ1n) is 12.3. The first-order valence-corrected chi connectivity index (χ1v) is 13.2. The predicted molar refractivity (Wildman–Crippen MR) is 145 cm³/mol. The molecule has 0 aromatic heterocycles. The third kappa shape index (κ3) is 13.1. The van der Waals surface area contributed by atoms with Crippen LogP contribution in [-0.4, -0.2) is 144 Å². The minimum Gasteiger partial charge on any atom is -0.496 e. The van der Waals surface area contributed by atoms with Crippen LogP contribution < -0.4 is 4.74 Å². The number of benzene rings is 1. The Morgan fingerprint density at radius 2 is 1.40 bits per heavy atom. The van der Waals surface area contributed by atoms with E-state index in [0.717, 1.165) is 18.7 Å². The number of thioether (sulfide) groups is 1. The quantitative estimate of drug-likeness (QED) is 0.232.